The SMILES string of the molecule is NCc1ccc(COc2cccc(Cl)c2F)nc1. The molecular weight excluding hydrogens is 255 g/mol. The second-order valence-electron chi connectivity index (χ2n) is 3.70. The van der Waals surface area contributed by atoms with Crippen molar-refractivity contribution in [1.29, 1.82) is 0 Å². The number of hydrogen-bond donors (Lipinski definition) is 1. The van der Waals surface area contributed by atoms with Gasteiger partial charge >= 0.3 is 0 Å². The number of aromatic nitrogens is 1. The Hall–Kier alpha value is -1.65. The molecule has 0 amide bonds. The zero-order chi connectivity index (χ0) is 13.0. The summed E-state index contributed by atoms with van der Waals surface area (Å²) in [6.07, 6.45) is 1.67. The minimum absolute atomic E-state index is 0.0407. The van der Waals surface area contributed by atoms with Gasteiger partial charge in [0.25, 0.3) is 0 Å². The van der Waals surface area contributed by atoms with Crippen LogP contribution in [0.3, 0.4) is 0 Å². The summed E-state index contributed by atoms with van der Waals surface area (Å²) in [6.45, 7) is 0.624. The minimum atomic E-state index is -0.558. The molecule has 0 saturated heterocycles. The largest absolute Gasteiger partial charge is 0.484 e. The topological polar surface area (TPSA) is 48.1 Å². The summed E-state index contributed by atoms with van der Waals surface area (Å²) in [5.41, 5.74) is 7.10. The smallest absolute Gasteiger partial charge is 0.183 e. The molecule has 18 heavy (non-hydrogen) atoms. The molecule has 2 aromatic rings. The zero-order valence-electron chi connectivity index (χ0n) is 9.57. The van der Waals surface area contributed by atoms with Crippen molar-refractivity contribution in [2.75, 3.05) is 0 Å². The van der Waals surface area contributed by atoms with Crippen LogP contribution in [0.25, 0.3) is 0 Å². The molecule has 0 spiro atoms. The van der Waals surface area contributed by atoms with Gasteiger partial charge in [0.2, 0.25) is 0 Å². The molecule has 3 nitrogen and oxygen atoms in total. The predicted molar refractivity (Wildman–Crippen MR) is 67.9 cm³/mol. The fourth-order valence-electron chi connectivity index (χ4n) is 1.41. The van der Waals surface area contributed by atoms with E-state index in [-0.39, 0.29) is 17.4 Å². The van der Waals surface area contributed by atoms with Crippen LogP contribution in [0.4, 0.5) is 4.39 Å². The molecule has 0 aliphatic rings. The average Bonchev–Trinajstić information content (AvgIpc) is 2.41. The first kappa shape index (κ1) is 12.8. The first-order chi connectivity index (χ1) is 8.70. The number of halogens is 2. The molecule has 0 radical (unpaired) electrons. The summed E-state index contributed by atoms with van der Waals surface area (Å²) in [5, 5.41) is 0.0407. The van der Waals surface area contributed by atoms with Crippen LogP contribution in [0.15, 0.2) is 36.5 Å². The lowest BCUT2D eigenvalue weighted by Crippen LogP contribution is -2.02. The highest BCUT2D eigenvalue weighted by Crippen LogP contribution is 2.24. The minimum Gasteiger partial charge on any atom is -0.484 e. The van der Waals surface area contributed by atoms with Gasteiger partial charge in [0.1, 0.15) is 6.61 Å². The van der Waals surface area contributed by atoms with Crippen LogP contribution in [0.1, 0.15) is 11.3 Å². The molecule has 0 saturated carbocycles. The first-order valence-corrected chi connectivity index (χ1v) is 5.79. The van der Waals surface area contributed by atoms with Gasteiger partial charge in [-0.2, -0.15) is 0 Å². The molecule has 0 fully saturated rings. The number of nitrogens with two attached hydrogens (primary N) is 1. The summed E-state index contributed by atoms with van der Waals surface area (Å²) < 4.78 is 18.9. The maximum atomic E-state index is 13.5. The molecule has 0 bridgehead atoms. The lowest BCUT2D eigenvalue weighted by molar-refractivity contribution is 0.286. The highest BCUT2D eigenvalue weighted by atomic mass is 35.5. The Bertz CT molecular complexity index is 531. The van der Waals surface area contributed by atoms with Crippen molar-refractivity contribution >= 4 is 11.6 Å². The Balaban J connectivity index is 2.04. The summed E-state index contributed by atoms with van der Waals surface area (Å²) in [4.78, 5) is 4.16. The fraction of sp³-hybridized carbons (Fsp3) is 0.154. The summed E-state index contributed by atoms with van der Waals surface area (Å²) in [5.74, 6) is -0.440. The van der Waals surface area contributed by atoms with Gasteiger partial charge in [-0.3, -0.25) is 4.98 Å². The Morgan fingerprint density at radius 3 is 2.78 bits per heavy atom. The molecule has 2 N–H and O–H groups in total. The molecule has 0 unspecified atom stereocenters. The second kappa shape index (κ2) is 5.80. The third kappa shape index (κ3) is 2.97. The molecule has 0 aliphatic heterocycles. The van der Waals surface area contributed by atoms with Crippen LogP contribution in [0, 0.1) is 5.82 Å². The van der Waals surface area contributed by atoms with Gasteiger partial charge in [0.15, 0.2) is 11.6 Å². The lowest BCUT2D eigenvalue weighted by Gasteiger charge is -2.07. The van der Waals surface area contributed by atoms with Crippen molar-refractivity contribution in [3.8, 4) is 5.75 Å². The zero-order valence-corrected chi connectivity index (χ0v) is 10.3. The Labute approximate surface area is 109 Å². The molecular formula is C13H12ClFN2O. The van der Waals surface area contributed by atoms with Crippen LogP contribution in [0.2, 0.25) is 5.02 Å². The van der Waals surface area contributed by atoms with Crippen LogP contribution in [-0.4, -0.2) is 4.98 Å². The molecule has 0 atom stereocenters. The predicted octanol–water partition coefficient (Wildman–Crippen LogP) is 2.91. The van der Waals surface area contributed by atoms with E-state index in [2.05, 4.69) is 4.98 Å². The lowest BCUT2D eigenvalue weighted by atomic mass is 10.2. The Morgan fingerprint density at radius 1 is 1.28 bits per heavy atom. The summed E-state index contributed by atoms with van der Waals surface area (Å²) in [6, 6.07) is 8.28. The molecule has 1 aromatic carbocycles. The molecule has 5 heteroatoms. The van der Waals surface area contributed by atoms with Crippen molar-refractivity contribution in [3.05, 3.63) is 58.6 Å². The van der Waals surface area contributed by atoms with Crippen LogP contribution < -0.4 is 10.5 Å². The number of pyridine rings is 1. The maximum Gasteiger partial charge on any atom is 0.183 e. The summed E-state index contributed by atoms with van der Waals surface area (Å²) >= 11 is 5.65. The second-order valence-corrected chi connectivity index (χ2v) is 4.11. The number of nitrogens with zero attached hydrogens (tertiary/aromatic N) is 1. The highest BCUT2D eigenvalue weighted by Gasteiger charge is 2.07. The molecule has 1 heterocycles. The normalized spacial score (nSPS) is 10.4. The molecule has 0 aliphatic carbocycles. The van der Waals surface area contributed by atoms with Gasteiger partial charge in [-0.05, 0) is 23.8 Å². The number of rotatable bonds is 4. The standard InChI is InChI=1S/C13H12ClFN2O/c14-11-2-1-3-12(13(11)15)18-8-10-5-4-9(6-16)7-17-10/h1-5,7H,6,8,16H2. The fourth-order valence-corrected chi connectivity index (χ4v) is 1.57. The maximum absolute atomic E-state index is 13.5. The first-order valence-electron chi connectivity index (χ1n) is 5.41. The van der Waals surface area contributed by atoms with E-state index in [9.17, 15) is 4.39 Å². The van der Waals surface area contributed by atoms with Gasteiger partial charge in [0.05, 0.1) is 10.7 Å². The average molecular weight is 267 g/mol. The molecule has 2 rings (SSSR count). The van der Waals surface area contributed by atoms with Gasteiger partial charge in [0, 0.05) is 12.7 Å². The summed E-state index contributed by atoms with van der Waals surface area (Å²) in [7, 11) is 0. The Morgan fingerprint density at radius 2 is 2.11 bits per heavy atom. The van der Waals surface area contributed by atoms with E-state index in [0.29, 0.717) is 12.2 Å². The number of benzene rings is 1. The van der Waals surface area contributed by atoms with Crippen molar-refractivity contribution in [2.45, 2.75) is 13.2 Å². The van der Waals surface area contributed by atoms with Crippen LogP contribution >= 0.6 is 11.6 Å². The van der Waals surface area contributed by atoms with Gasteiger partial charge in [-0.25, -0.2) is 4.39 Å². The van der Waals surface area contributed by atoms with E-state index in [1.165, 1.54) is 12.1 Å². The van der Waals surface area contributed by atoms with E-state index in [1.54, 1.807) is 18.3 Å². The van der Waals surface area contributed by atoms with E-state index in [4.69, 9.17) is 22.1 Å². The van der Waals surface area contributed by atoms with Crippen molar-refractivity contribution in [3.63, 3.8) is 0 Å². The van der Waals surface area contributed by atoms with E-state index in [1.807, 2.05) is 6.07 Å². The van der Waals surface area contributed by atoms with Crippen molar-refractivity contribution in [2.24, 2.45) is 5.73 Å². The van der Waals surface area contributed by atoms with Crippen molar-refractivity contribution in [1.82, 2.24) is 4.98 Å². The molecule has 1 aromatic heterocycles. The number of ether oxygens (including phenoxy) is 1. The Kier molecular flexibility index (Phi) is 4.12. The van der Waals surface area contributed by atoms with E-state index < -0.39 is 5.82 Å². The monoisotopic (exact) mass is 266 g/mol. The van der Waals surface area contributed by atoms with Crippen LogP contribution in [0.5, 0.6) is 5.75 Å². The van der Waals surface area contributed by atoms with Gasteiger partial charge < -0.3 is 10.5 Å². The molecule has 94 valence electrons. The van der Waals surface area contributed by atoms with Gasteiger partial charge in [-0.1, -0.05) is 23.7 Å². The number of hydrogen-bond acceptors (Lipinski definition) is 3. The van der Waals surface area contributed by atoms with Crippen LogP contribution in [-0.2, 0) is 13.2 Å². The third-order valence-corrected chi connectivity index (χ3v) is 2.71. The van der Waals surface area contributed by atoms with Crippen molar-refractivity contribution < 1.29 is 9.13 Å². The quantitative estimate of drug-likeness (QED) is 0.926. The van der Waals surface area contributed by atoms with Gasteiger partial charge in [-0.15, -0.1) is 0 Å². The van der Waals surface area contributed by atoms with E-state index in [0.717, 1.165) is 5.56 Å². The van der Waals surface area contributed by atoms with E-state index >= 15 is 0 Å². The highest BCUT2D eigenvalue weighted by molar-refractivity contribution is 6.30. The third-order valence-electron chi connectivity index (χ3n) is 2.41.